The minimum Gasteiger partial charge on any atom is -0.469 e. The Morgan fingerprint density at radius 2 is 1.96 bits per heavy atom. The smallest absolute Gasteiger partial charge is 0.205 e. The SMILES string of the molecule is Cc1occc1-c1nnc(SCc2ncc(-c3ccc(Cl)cc3)o2)n1C. The number of aromatic nitrogens is 4. The van der Waals surface area contributed by atoms with Gasteiger partial charge in [-0.2, -0.15) is 0 Å². The van der Waals surface area contributed by atoms with Gasteiger partial charge in [0.15, 0.2) is 16.7 Å². The van der Waals surface area contributed by atoms with Crippen LogP contribution in [0.15, 0.2) is 56.8 Å². The maximum atomic E-state index is 5.91. The van der Waals surface area contributed by atoms with Crippen molar-refractivity contribution in [2.24, 2.45) is 7.05 Å². The Morgan fingerprint density at radius 3 is 2.69 bits per heavy atom. The zero-order chi connectivity index (χ0) is 18.1. The van der Waals surface area contributed by atoms with Gasteiger partial charge in [0.05, 0.1) is 23.8 Å². The lowest BCUT2D eigenvalue weighted by Gasteiger charge is -2.02. The van der Waals surface area contributed by atoms with E-state index in [0.29, 0.717) is 22.4 Å². The summed E-state index contributed by atoms with van der Waals surface area (Å²) in [6.45, 7) is 1.90. The average molecular weight is 387 g/mol. The van der Waals surface area contributed by atoms with Gasteiger partial charge in [-0.3, -0.25) is 0 Å². The van der Waals surface area contributed by atoms with Gasteiger partial charge in [0.25, 0.3) is 0 Å². The molecule has 0 radical (unpaired) electrons. The molecule has 8 heteroatoms. The van der Waals surface area contributed by atoms with E-state index in [9.17, 15) is 0 Å². The number of rotatable bonds is 5. The third kappa shape index (κ3) is 3.27. The predicted octanol–water partition coefficient (Wildman–Crippen LogP) is 4.98. The first kappa shape index (κ1) is 16.9. The molecule has 0 aliphatic carbocycles. The highest BCUT2D eigenvalue weighted by atomic mass is 35.5. The number of hydrogen-bond acceptors (Lipinski definition) is 6. The van der Waals surface area contributed by atoms with Crippen molar-refractivity contribution >= 4 is 23.4 Å². The Kier molecular flexibility index (Phi) is 4.57. The maximum Gasteiger partial charge on any atom is 0.205 e. The fourth-order valence-corrected chi connectivity index (χ4v) is 3.43. The highest BCUT2D eigenvalue weighted by molar-refractivity contribution is 7.98. The van der Waals surface area contributed by atoms with Gasteiger partial charge in [-0.25, -0.2) is 4.98 Å². The minimum absolute atomic E-state index is 0.559. The van der Waals surface area contributed by atoms with E-state index in [2.05, 4.69) is 15.2 Å². The summed E-state index contributed by atoms with van der Waals surface area (Å²) >= 11 is 7.43. The molecule has 0 aliphatic rings. The summed E-state index contributed by atoms with van der Waals surface area (Å²) in [5, 5.41) is 9.99. The number of benzene rings is 1. The molecule has 0 N–H and O–H groups in total. The van der Waals surface area contributed by atoms with Gasteiger partial charge in [-0.05, 0) is 37.3 Å². The van der Waals surface area contributed by atoms with Gasteiger partial charge in [-0.1, -0.05) is 23.4 Å². The van der Waals surface area contributed by atoms with Crippen molar-refractivity contribution in [3.8, 4) is 22.7 Å². The van der Waals surface area contributed by atoms with E-state index >= 15 is 0 Å². The van der Waals surface area contributed by atoms with E-state index in [0.717, 1.165) is 27.9 Å². The fourth-order valence-electron chi connectivity index (χ4n) is 2.54. The average Bonchev–Trinajstić information content (AvgIpc) is 3.35. The minimum atomic E-state index is 0.559. The normalized spacial score (nSPS) is 11.2. The van der Waals surface area contributed by atoms with Crippen molar-refractivity contribution < 1.29 is 8.83 Å². The Bertz CT molecular complexity index is 1040. The Labute approximate surface area is 159 Å². The number of halogens is 1. The van der Waals surface area contributed by atoms with Crippen molar-refractivity contribution in [3.05, 3.63) is 59.5 Å². The van der Waals surface area contributed by atoms with Gasteiger partial charge in [-0.15, -0.1) is 10.2 Å². The van der Waals surface area contributed by atoms with Crippen LogP contribution in [0.4, 0.5) is 0 Å². The summed E-state index contributed by atoms with van der Waals surface area (Å²) < 4.78 is 13.1. The standard InChI is InChI=1S/C18H15ClN4O2S/c1-11-14(7-8-24-11)17-21-22-18(23(17)2)26-10-16-20-9-15(25-16)12-3-5-13(19)6-4-12/h3-9H,10H2,1-2H3. The first-order chi connectivity index (χ1) is 12.6. The Hall–Kier alpha value is -2.51. The number of nitrogens with zero attached hydrogens (tertiary/aromatic N) is 4. The van der Waals surface area contributed by atoms with Crippen LogP contribution in [0.2, 0.25) is 5.02 Å². The lowest BCUT2D eigenvalue weighted by atomic mass is 10.2. The number of hydrogen-bond donors (Lipinski definition) is 0. The highest BCUT2D eigenvalue weighted by Crippen LogP contribution is 2.29. The molecule has 4 rings (SSSR count). The molecule has 6 nitrogen and oxygen atoms in total. The van der Waals surface area contributed by atoms with Crippen molar-refractivity contribution in [1.82, 2.24) is 19.7 Å². The predicted molar refractivity (Wildman–Crippen MR) is 100.0 cm³/mol. The first-order valence-corrected chi connectivity index (χ1v) is 9.25. The van der Waals surface area contributed by atoms with E-state index in [1.807, 2.05) is 48.9 Å². The highest BCUT2D eigenvalue weighted by Gasteiger charge is 2.16. The third-order valence-corrected chi connectivity index (χ3v) is 5.20. The molecule has 0 saturated heterocycles. The summed E-state index contributed by atoms with van der Waals surface area (Å²) in [5.74, 6) is 3.49. The van der Waals surface area contributed by atoms with E-state index in [-0.39, 0.29) is 0 Å². The zero-order valence-electron chi connectivity index (χ0n) is 14.1. The van der Waals surface area contributed by atoms with Gasteiger partial charge < -0.3 is 13.4 Å². The molecule has 4 aromatic rings. The summed E-state index contributed by atoms with van der Waals surface area (Å²) in [6, 6.07) is 9.35. The van der Waals surface area contributed by atoms with Crippen LogP contribution >= 0.6 is 23.4 Å². The van der Waals surface area contributed by atoms with Gasteiger partial charge in [0.2, 0.25) is 5.89 Å². The molecule has 0 bridgehead atoms. The third-order valence-electron chi connectivity index (χ3n) is 3.94. The molecule has 0 fully saturated rings. The van der Waals surface area contributed by atoms with E-state index < -0.39 is 0 Å². The zero-order valence-corrected chi connectivity index (χ0v) is 15.7. The van der Waals surface area contributed by atoms with Crippen molar-refractivity contribution in [2.45, 2.75) is 17.8 Å². The molecule has 3 heterocycles. The van der Waals surface area contributed by atoms with Crippen molar-refractivity contribution in [3.63, 3.8) is 0 Å². The second-order valence-electron chi connectivity index (χ2n) is 5.67. The summed E-state index contributed by atoms with van der Waals surface area (Å²) in [6.07, 6.45) is 3.37. The topological polar surface area (TPSA) is 69.9 Å². The van der Waals surface area contributed by atoms with Crippen LogP contribution in [0.5, 0.6) is 0 Å². The van der Waals surface area contributed by atoms with E-state index in [4.69, 9.17) is 20.4 Å². The number of thioether (sulfide) groups is 1. The molecule has 0 saturated carbocycles. The summed E-state index contributed by atoms with van der Waals surface area (Å²) in [5.41, 5.74) is 1.88. The molecule has 1 aromatic carbocycles. The molecule has 0 unspecified atom stereocenters. The molecule has 0 atom stereocenters. The van der Waals surface area contributed by atoms with Gasteiger partial charge in [0.1, 0.15) is 5.76 Å². The van der Waals surface area contributed by atoms with Crippen LogP contribution in [0.25, 0.3) is 22.7 Å². The van der Waals surface area contributed by atoms with Crippen LogP contribution in [0, 0.1) is 6.92 Å². The van der Waals surface area contributed by atoms with Crippen LogP contribution in [-0.2, 0) is 12.8 Å². The van der Waals surface area contributed by atoms with Crippen molar-refractivity contribution in [1.29, 1.82) is 0 Å². The number of furan rings is 1. The quantitative estimate of drug-likeness (QED) is 0.450. The number of aryl methyl sites for hydroxylation is 1. The molecule has 132 valence electrons. The summed E-state index contributed by atoms with van der Waals surface area (Å²) in [4.78, 5) is 4.34. The van der Waals surface area contributed by atoms with Crippen molar-refractivity contribution in [2.75, 3.05) is 0 Å². The van der Waals surface area contributed by atoms with Crippen LogP contribution in [0.1, 0.15) is 11.7 Å². The second kappa shape index (κ2) is 7.01. The van der Waals surface area contributed by atoms with Gasteiger partial charge >= 0.3 is 0 Å². The summed E-state index contributed by atoms with van der Waals surface area (Å²) in [7, 11) is 1.93. The number of oxazole rings is 1. The molecule has 0 amide bonds. The molecular weight excluding hydrogens is 372 g/mol. The van der Waals surface area contributed by atoms with Crippen LogP contribution in [-0.4, -0.2) is 19.7 Å². The second-order valence-corrected chi connectivity index (χ2v) is 7.05. The largest absolute Gasteiger partial charge is 0.469 e. The van der Waals surface area contributed by atoms with E-state index in [1.165, 1.54) is 11.8 Å². The molecule has 0 spiro atoms. The molecule has 0 aliphatic heterocycles. The molecule has 26 heavy (non-hydrogen) atoms. The van der Waals surface area contributed by atoms with Gasteiger partial charge in [0, 0.05) is 17.6 Å². The van der Waals surface area contributed by atoms with Crippen LogP contribution < -0.4 is 0 Å². The van der Waals surface area contributed by atoms with E-state index in [1.54, 1.807) is 12.5 Å². The molecular formula is C18H15ClN4O2S. The lowest BCUT2D eigenvalue weighted by Crippen LogP contribution is -1.95. The maximum absolute atomic E-state index is 5.91. The fraction of sp³-hybridized carbons (Fsp3) is 0.167. The lowest BCUT2D eigenvalue weighted by molar-refractivity contribution is 0.529. The first-order valence-electron chi connectivity index (χ1n) is 7.89. The monoisotopic (exact) mass is 386 g/mol. The Morgan fingerprint density at radius 1 is 1.15 bits per heavy atom. The van der Waals surface area contributed by atoms with Crippen LogP contribution in [0.3, 0.4) is 0 Å². The molecule has 3 aromatic heterocycles. The Balaban J connectivity index is 1.48.